The topological polar surface area (TPSA) is 39.0 Å². The number of aromatic nitrogens is 3. The normalized spacial score (nSPS) is 12.0. The molecule has 2 aromatic rings. The molecule has 0 aromatic carbocycles. The number of hydrogen-bond acceptors (Lipinski definition) is 2. The molecular formula is C9H7Cl3N3O+. The highest BCUT2D eigenvalue weighted by Gasteiger charge is 2.32. The van der Waals surface area contributed by atoms with Crippen molar-refractivity contribution < 1.29 is 4.52 Å². The van der Waals surface area contributed by atoms with Crippen LogP contribution in [0.25, 0.3) is 5.52 Å². The summed E-state index contributed by atoms with van der Waals surface area (Å²) in [6.07, 6.45) is 1.62. The lowest BCUT2D eigenvalue weighted by atomic mass is 10.4. The van der Waals surface area contributed by atoms with Crippen LogP contribution in [0.15, 0.2) is 29.2 Å². The zero-order chi connectivity index (χ0) is 11.9. The summed E-state index contributed by atoms with van der Waals surface area (Å²) in [5, 5.41) is 4.09. The van der Waals surface area contributed by atoms with Gasteiger partial charge in [-0.3, -0.25) is 9.36 Å². The molecule has 84 valence electrons. The van der Waals surface area contributed by atoms with Gasteiger partial charge in [0.1, 0.15) is 0 Å². The number of halogens is 3. The van der Waals surface area contributed by atoms with Gasteiger partial charge in [-0.2, -0.15) is 0 Å². The molecular weight excluding hydrogens is 272 g/mol. The summed E-state index contributed by atoms with van der Waals surface area (Å²) in [6.45, 7) is 0. The first-order valence-electron chi connectivity index (χ1n) is 4.36. The fourth-order valence-corrected chi connectivity index (χ4v) is 1.87. The zero-order valence-electron chi connectivity index (χ0n) is 8.19. The molecule has 0 saturated heterocycles. The highest BCUT2D eigenvalue weighted by molar-refractivity contribution is 6.66. The number of fused-ring (bicyclic) bond motifs is 1. The van der Waals surface area contributed by atoms with E-state index in [1.165, 1.54) is 16.1 Å². The summed E-state index contributed by atoms with van der Waals surface area (Å²) in [4.78, 5) is 11.9. The fraction of sp³-hybridized carbons (Fsp3) is 0.222. The molecule has 0 aliphatic rings. The van der Waals surface area contributed by atoms with Gasteiger partial charge < -0.3 is 0 Å². The third kappa shape index (κ3) is 1.88. The molecule has 0 spiro atoms. The Kier molecular flexibility index (Phi) is 2.82. The van der Waals surface area contributed by atoms with Crippen molar-refractivity contribution in [3.05, 3.63) is 40.6 Å². The van der Waals surface area contributed by atoms with Gasteiger partial charge in [0, 0.05) is 24.3 Å². The maximum atomic E-state index is 11.9. The molecule has 4 nitrogen and oxygen atoms in total. The minimum Gasteiger partial charge on any atom is -0.285 e. The molecule has 2 aromatic heterocycles. The first-order valence-corrected chi connectivity index (χ1v) is 5.49. The van der Waals surface area contributed by atoms with Crippen LogP contribution in [0.4, 0.5) is 0 Å². The Morgan fingerprint density at radius 2 is 2.06 bits per heavy atom. The predicted octanol–water partition coefficient (Wildman–Crippen LogP) is 1.35. The number of nitrogens with zero attached hydrogens (tertiary/aromatic N) is 3. The van der Waals surface area contributed by atoms with Crippen molar-refractivity contribution in [1.29, 1.82) is 0 Å². The van der Waals surface area contributed by atoms with Gasteiger partial charge in [0.25, 0.3) is 3.79 Å². The second kappa shape index (κ2) is 3.87. The van der Waals surface area contributed by atoms with Crippen molar-refractivity contribution in [2.45, 2.75) is 3.79 Å². The minimum absolute atomic E-state index is 0.0752. The lowest BCUT2D eigenvalue weighted by Crippen LogP contribution is -2.40. The Balaban J connectivity index is 2.90. The summed E-state index contributed by atoms with van der Waals surface area (Å²) in [7, 11) is 1.51. The first-order chi connectivity index (χ1) is 7.41. The smallest absolute Gasteiger partial charge is 0.285 e. The van der Waals surface area contributed by atoms with Gasteiger partial charge in [0.05, 0.1) is 0 Å². The molecule has 16 heavy (non-hydrogen) atoms. The predicted molar refractivity (Wildman–Crippen MR) is 61.9 cm³/mol. The summed E-state index contributed by atoms with van der Waals surface area (Å²) < 4.78 is 0.882. The van der Waals surface area contributed by atoms with Crippen LogP contribution < -0.4 is 10.1 Å². The van der Waals surface area contributed by atoms with Crippen LogP contribution in [0.5, 0.6) is 0 Å². The molecule has 0 radical (unpaired) electrons. The van der Waals surface area contributed by atoms with E-state index in [-0.39, 0.29) is 11.4 Å². The van der Waals surface area contributed by atoms with Crippen molar-refractivity contribution in [3.8, 4) is 0 Å². The highest BCUT2D eigenvalue weighted by Crippen LogP contribution is 2.35. The van der Waals surface area contributed by atoms with Crippen LogP contribution in [0.3, 0.4) is 0 Å². The second-order valence-electron chi connectivity index (χ2n) is 3.22. The van der Waals surface area contributed by atoms with Gasteiger partial charge in [-0.25, -0.2) is 0 Å². The zero-order valence-corrected chi connectivity index (χ0v) is 10.5. The summed E-state index contributed by atoms with van der Waals surface area (Å²) >= 11 is 17.2. The Bertz CT molecular complexity index is 603. The van der Waals surface area contributed by atoms with Crippen molar-refractivity contribution in [1.82, 2.24) is 9.67 Å². The van der Waals surface area contributed by atoms with E-state index in [1.807, 2.05) is 0 Å². The van der Waals surface area contributed by atoms with Gasteiger partial charge in [-0.15, -0.1) is 0 Å². The standard InChI is InChI=1S/C9H7Cl3N3O/c1-14-7(16)6-4-2-3-5-15(6)13-8(14)9(10,11)12/h2-5H,1H3/q+1. The number of hydrogen-bond donors (Lipinski definition) is 0. The van der Waals surface area contributed by atoms with E-state index in [4.69, 9.17) is 34.8 Å². The van der Waals surface area contributed by atoms with Crippen LogP contribution in [0.1, 0.15) is 5.82 Å². The Labute approximate surface area is 106 Å². The Morgan fingerprint density at radius 3 is 2.69 bits per heavy atom. The SMILES string of the molecule is Cn1c(C(Cl)(Cl)Cl)n[n+]2ccccc2c1=O. The average molecular weight is 280 g/mol. The third-order valence-corrected chi connectivity index (χ3v) is 2.64. The molecule has 0 saturated carbocycles. The lowest BCUT2D eigenvalue weighted by molar-refractivity contribution is -0.583. The van der Waals surface area contributed by atoms with E-state index < -0.39 is 3.79 Å². The summed E-state index contributed by atoms with van der Waals surface area (Å²) in [5.74, 6) is 0.0752. The van der Waals surface area contributed by atoms with E-state index in [9.17, 15) is 4.79 Å². The van der Waals surface area contributed by atoms with Crippen molar-refractivity contribution >= 4 is 40.3 Å². The van der Waals surface area contributed by atoms with Gasteiger partial charge in [0.15, 0.2) is 0 Å². The maximum Gasteiger partial charge on any atom is 0.326 e. The monoisotopic (exact) mass is 278 g/mol. The van der Waals surface area contributed by atoms with Crippen molar-refractivity contribution in [2.75, 3.05) is 0 Å². The molecule has 0 bridgehead atoms. The van der Waals surface area contributed by atoms with E-state index >= 15 is 0 Å². The van der Waals surface area contributed by atoms with Crippen LogP contribution in [-0.2, 0) is 10.8 Å². The molecule has 2 rings (SSSR count). The minimum atomic E-state index is -1.73. The molecule has 7 heteroatoms. The molecule has 0 N–H and O–H groups in total. The summed E-state index contributed by atoms with van der Waals surface area (Å²) in [6, 6.07) is 5.13. The number of rotatable bonds is 0. The van der Waals surface area contributed by atoms with Gasteiger partial charge >= 0.3 is 11.1 Å². The van der Waals surface area contributed by atoms with Gasteiger partial charge in [-0.05, 0) is 10.6 Å². The van der Waals surface area contributed by atoms with Crippen LogP contribution >= 0.6 is 34.8 Å². The molecule has 0 fully saturated rings. The van der Waals surface area contributed by atoms with Crippen molar-refractivity contribution in [3.63, 3.8) is 0 Å². The van der Waals surface area contributed by atoms with Gasteiger partial charge in [-0.1, -0.05) is 34.8 Å². The lowest BCUT2D eigenvalue weighted by Gasteiger charge is -2.10. The van der Waals surface area contributed by atoms with Crippen molar-refractivity contribution in [2.24, 2.45) is 7.05 Å². The van der Waals surface area contributed by atoms with Crippen LogP contribution in [0, 0.1) is 0 Å². The molecule has 0 unspecified atom stereocenters. The van der Waals surface area contributed by atoms with Crippen LogP contribution in [0.2, 0.25) is 0 Å². The van der Waals surface area contributed by atoms with E-state index in [0.29, 0.717) is 5.52 Å². The van der Waals surface area contributed by atoms with E-state index in [2.05, 4.69) is 5.10 Å². The quantitative estimate of drug-likeness (QED) is 0.539. The van der Waals surface area contributed by atoms with E-state index in [0.717, 1.165) is 0 Å². The maximum absolute atomic E-state index is 11.9. The summed E-state index contributed by atoms with van der Waals surface area (Å²) in [5.41, 5.74) is 0.153. The van der Waals surface area contributed by atoms with Gasteiger partial charge in [0.2, 0.25) is 12.0 Å². The number of alkyl halides is 3. The number of pyridine rings is 1. The molecule has 0 amide bonds. The second-order valence-corrected chi connectivity index (χ2v) is 5.50. The molecule has 0 aliphatic carbocycles. The third-order valence-electron chi connectivity index (χ3n) is 2.14. The molecule has 0 atom stereocenters. The first kappa shape index (κ1) is 11.6. The average Bonchev–Trinajstić information content (AvgIpc) is 2.22. The largest absolute Gasteiger partial charge is 0.326 e. The fourth-order valence-electron chi connectivity index (χ4n) is 1.38. The highest BCUT2D eigenvalue weighted by atomic mass is 35.6. The Hall–Kier alpha value is -0.840. The van der Waals surface area contributed by atoms with Crippen LogP contribution in [-0.4, -0.2) is 9.67 Å². The van der Waals surface area contributed by atoms with E-state index in [1.54, 1.807) is 24.4 Å². The molecule has 0 aliphatic heterocycles. The Morgan fingerprint density at radius 1 is 1.38 bits per heavy atom. The molecule has 2 heterocycles.